The highest BCUT2D eigenvalue weighted by Crippen LogP contribution is 2.47. The number of esters is 1. The van der Waals surface area contributed by atoms with Gasteiger partial charge in [0.25, 0.3) is 0 Å². The number of carbonyl (C=O) groups is 2. The molecular weight excluding hydrogens is 274 g/mol. The van der Waals surface area contributed by atoms with Crippen LogP contribution in [0.25, 0.3) is 0 Å². The Morgan fingerprint density at radius 3 is 2.38 bits per heavy atom. The maximum Gasteiger partial charge on any atom is 0.340 e. The van der Waals surface area contributed by atoms with Crippen LogP contribution in [0.15, 0.2) is 12.1 Å². The van der Waals surface area contributed by atoms with E-state index >= 15 is 0 Å². The van der Waals surface area contributed by atoms with Crippen molar-refractivity contribution < 1.29 is 23.8 Å². The lowest BCUT2D eigenvalue weighted by Gasteiger charge is -2.16. The maximum atomic E-state index is 11.6. The number of benzene rings is 1. The zero-order valence-electron chi connectivity index (χ0n) is 12.4. The third kappa shape index (κ3) is 2.94. The van der Waals surface area contributed by atoms with E-state index < -0.39 is 5.97 Å². The Labute approximate surface area is 123 Å². The van der Waals surface area contributed by atoms with Gasteiger partial charge in [-0.15, -0.1) is 0 Å². The van der Waals surface area contributed by atoms with Crippen LogP contribution in [0.5, 0.6) is 11.5 Å². The molecule has 21 heavy (non-hydrogen) atoms. The molecule has 0 aliphatic heterocycles. The molecule has 2 N–H and O–H groups in total. The number of hydrogen-bond acceptors (Lipinski definition) is 6. The minimum Gasteiger partial charge on any atom is -0.493 e. The lowest BCUT2D eigenvalue weighted by Crippen LogP contribution is -2.21. The van der Waals surface area contributed by atoms with E-state index in [2.05, 4.69) is 4.74 Å². The second kappa shape index (κ2) is 5.63. The average Bonchev–Trinajstić information content (AvgIpc) is 3.25. The number of ether oxygens (including phenoxy) is 3. The van der Waals surface area contributed by atoms with Gasteiger partial charge in [0.15, 0.2) is 11.5 Å². The molecule has 1 aromatic carbocycles. The highest BCUT2D eigenvalue weighted by atomic mass is 16.5. The summed E-state index contributed by atoms with van der Waals surface area (Å²) in [5.74, 6) is 0.375. The molecule has 1 aliphatic rings. The second-order valence-corrected chi connectivity index (χ2v) is 5.21. The Balaban J connectivity index is 2.22. The van der Waals surface area contributed by atoms with Crippen LogP contribution in [-0.2, 0) is 9.53 Å². The van der Waals surface area contributed by atoms with Crippen molar-refractivity contribution in [3.63, 3.8) is 0 Å². The first-order chi connectivity index (χ1) is 9.93. The van der Waals surface area contributed by atoms with Crippen molar-refractivity contribution in [3.8, 4) is 11.5 Å². The van der Waals surface area contributed by atoms with Crippen LogP contribution in [0.4, 0.5) is 5.69 Å². The van der Waals surface area contributed by atoms with E-state index in [0.29, 0.717) is 11.5 Å². The van der Waals surface area contributed by atoms with E-state index in [1.54, 1.807) is 6.92 Å². The number of anilines is 1. The van der Waals surface area contributed by atoms with E-state index in [-0.39, 0.29) is 29.1 Å². The number of nitrogens with two attached hydrogens (primary N) is 1. The minimum atomic E-state index is -0.542. The first-order valence-corrected chi connectivity index (χ1v) is 6.63. The molecule has 1 aliphatic carbocycles. The van der Waals surface area contributed by atoms with Gasteiger partial charge in [0.2, 0.25) is 0 Å². The van der Waals surface area contributed by atoms with Crippen molar-refractivity contribution >= 4 is 17.4 Å². The van der Waals surface area contributed by atoms with Gasteiger partial charge in [-0.1, -0.05) is 0 Å². The Hall–Kier alpha value is -2.24. The summed E-state index contributed by atoms with van der Waals surface area (Å²) in [7, 11) is 2.75. The molecule has 0 atom stereocenters. The lowest BCUT2D eigenvalue weighted by molar-refractivity contribution is -0.123. The minimum absolute atomic E-state index is 0.126. The number of methoxy groups -OCH3 is 2. The van der Waals surface area contributed by atoms with Gasteiger partial charge < -0.3 is 19.9 Å². The molecule has 0 bridgehead atoms. The zero-order chi connectivity index (χ0) is 15.6. The summed E-state index contributed by atoms with van der Waals surface area (Å²) in [6, 6.07) is 2.99. The summed E-state index contributed by atoms with van der Waals surface area (Å²) in [6.45, 7) is 1.86. The highest BCUT2D eigenvalue weighted by molar-refractivity contribution is 5.96. The van der Waals surface area contributed by atoms with Crippen LogP contribution < -0.4 is 15.2 Å². The fourth-order valence-corrected chi connectivity index (χ4v) is 2.10. The Bertz CT molecular complexity index is 578. The molecule has 1 aromatic rings. The van der Waals surface area contributed by atoms with Crippen molar-refractivity contribution in [1.82, 2.24) is 0 Å². The third-order valence-corrected chi connectivity index (χ3v) is 3.85. The maximum absolute atomic E-state index is 11.6. The third-order valence-electron chi connectivity index (χ3n) is 3.85. The number of Topliss-reactive ketones (excluding diaryl/α,β-unsaturated/α-hetero) is 1. The van der Waals surface area contributed by atoms with Crippen LogP contribution in [0.3, 0.4) is 0 Å². The SMILES string of the molecule is COC(=O)c1cc(OC)c(OCC2(C(C)=O)CC2)cc1N. The van der Waals surface area contributed by atoms with Gasteiger partial charge in [0.05, 0.1) is 30.9 Å². The Kier molecular flexibility index (Phi) is 4.06. The quantitative estimate of drug-likeness (QED) is 0.635. The van der Waals surface area contributed by atoms with Gasteiger partial charge in [0.1, 0.15) is 12.4 Å². The number of rotatable bonds is 6. The van der Waals surface area contributed by atoms with E-state index in [0.717, 1.165) is 12.8 Å². The number of nitrogen functional groups attached to an aromatic ring is 1. The summed E-state index contributed by atoms with van der Waals surface area (Å²) in [5.41, 5.74) is 5.92. The van der Waals surface area contributed by atoms with Crippen LogP contribution in [0.2, 0.25) is 0 Å². The standard InChI is InChI=1S/C15H19NO5/c1-9(17)15(4-5-15)8-21-13-7-11(16)10(14(18)20-3)6-12(13)19-2/h6-7H,4-5,8,16H2,1-3H3. The monoisotopic (exact) mass is 293 g/mol. The Morgan fingerprint density at radius 1 is 1.24 bits per heavy atom. The molecule has 6 nitrogen and oxygen atoms in total. The molecule has 0 unspecified atom stereocenters. The van der Waals surface area contributed by atoms with Crippen molar-refractivity contribution in [2.75, 3.05) is 26.6 Å². The predicted octanol–water partition coefficient (Wildman–Crippen LogP) is 1.81. The van der Waals surface area contributed by atoms with Gasteiger partial charge in [-0.3, -0.25) is 4.79 Å². The molecule has 2 rings (SSSR count). The average molecular weight is 293 g/mol. The van der Waals surface area contributed by atoms with Crippen LogP contribution in [-0.4, -0.2) is 32.6 Å². The smallest absolute Gasteiger partial charge is 0.340 e. The molecule has 1 saturated carbocycles. The lowest BCUT2D eigenvalue weighted by atomic mass is 10.0. The highest BCUT2D eigenvalue weighted by Gasteiger charge is 2.48. The molecule has 114 valence electrons. The molecular formula is C15H19NO5. The topological polar surface area (TPSA) is 87.9 Å². The number of hydrogen-bond donors (Lipinski definition) is 1. The van der Waals surface area contributed by atoms with Crippen molar-refractivity contribution in [1.29, 1.82) is 0 Å². The molecule has 0 radical (unpaired) electrons. The fraction of sp³-hybridized carbons (Fsp3) is 0.467. The van der Waals surface area contributed by atoms with E-state index in [9.17, 15) is 9.59 Å². The van der Waals surface area contributed by atoms with Crippen molar-refractivity contribution in [2.45, 2.75) is 19.8 Å². The molecule has 0 amide bonds. The summed E-state index contributed by atoms with van der Waals surface area (Å²) in [4.78, 5) is 23.1. The summed E-state index contributed by atoms with van der Waals surface area (Å²) >= 11 is 0. The van der Waals surface area contributed by atoms with Crippen LogP contribution >= 0.6 is 0 Å². The Morgan fingerprint density at radius 2 is 1.90 bits per heavy atom. The zero-order valence-corrected chi connectivity index (χ0v) is 12.4. The molecule has 0 spiro atoms. The van der Waals surface area contributed by atoms with Gasteiger partial charge in [0, 0.05) is 12.1 Å². The summed E-state index contributed by atoms with van der Waals surface area (Å²) < 4.78 is 15.5. The predicted molar refractivity (Wildman–Crippen MR) is 76.6 cm³/mol. The molecule has 6 heteroatoms. The van der Waals surface area contributed by atoms with Gasteiger partial charge >= 0.3 is 5.97 Å². The normalized spacial score (nSPS) is 15.2. The molecule has 0 saturated heterocycles. The molecule has 0 heterocycles. The molecule has 0 aromatic heterocycles. The number of carbonyl (C=O) groups excluding carboxylic acids is 2. The van der Waals surface area contributed by atoms with E-state index in [1.807, 2.05) is 0 Å². The first-order valence-electron chi connectivity index (χ1n) is 6.63. The molecule has 1 fully saturated rings. The van der Waals surface area contributed by atoms with E-state index in [4.69, 9.17) is 15.2 Å². The van der Waals surface area contributed by atoms with Gasteiger partial charge in [-0.05, 0) is 19.8 Å². The first kappa shape index (κ1) is 15.2. The fourth-order valence-electron chi connectivity index (χ4n) is 2.10. The van der Waals surface area contributed by atoms with Crippen LogP contribution in [0, 0.1) is 5.41 Å². The number of ketones is 1. The van der Waals surface area contributed by atoms with Crippen LogP contribution in [0.1, 0.15) is 30.1 Å². The summed E-state index contributed by atoms with van der Waals surface area (Å²) in [5, 5.41) is 0. The second-order valence-electron chi connectivity index (χ2n) is 5.21. The van der Waals surface area contributed by atoms with E-state index in [1.165, 1.54) is 26.4 Å². The van der Waals surface area contributed by atoms with Crippen molar-refractivity contribution in [2.24, 2.45) is 5.41 Å². The van der Waals surface area contributed by atoms with Gasteiger partial charge in [-0.25, -0.2) is 4.79 Å². The summed E-state index contributed by atoms with van der Waals surface area (Å²) in [6.07, 6.45) is 1.67. The van der Waals surface area contributed by atoms with Crippen molar-refractivity contribution in [3.05, 3.63) is 17.7 Å². The van der Waals surface area contributed by atoms with Gasteiger partial charge in [-0.2, -0.15) is 0 Å². The largest absolute Gasteiger partial charge is 0.493 e.